The van der Waals surface area contributed by atoms with Crippen LogP contribution in [0.15, 0.2) is 48.9 Å². The molecule has 2 rings (SSSR count). The van der Waals surface area contributed by atoms with E-state index in [0.29, 0.717) is 16.9 Å². The first-order valence-electron chi connectivity index (χ1n) is 6.22. The fourth-order valence-electron chi connectivity index (χ4n) is 1.66. The Labute approximate surface area is 126 Å². The van der Waals surface area contributed by atoms with Crippen LogP contribution in [0, 0.1) is 10.1 Å². The summed E-state index contributed by atoms with van der Waals surface area (Å²) in [6.45, 7) is 0. The number of hydrogen-bond acceptors (Lipinski definition) is 6. The minimum absolute atomic E-state index is 0.217. The number of rotatable bonds is 5. The smallest absolute Gasteiger partial charge is 0.345 e. The molecule has 2 aromatic rings. The van der Waals surface area contributed by atoms with Crippen LogP contribution in [0.1, 0.15) is 15.9 Å². The van der Waals surface area contributed by atoms with Gasteiger partial charge in [-0.25, -0.2) is 4.79 Å². The topological polar surface area (TPSA) is 91.6 Å². The van der Waals surface area contributed by atoms with E-state index >= 15 is 0 Å². The van der Waals surface area contributed by atoms with Crippen molar-refractivity contribution >= 4 is 12.0 Å². The van der Waals surface area contributed by atoms with Crippen molar-refractivity contribution in [2.45, 2.75) is 0 Å². The van der Waals surface area contributed by atoms with E-state index in [-0.39, 0.29) is 5.75 Å². The Bertz CT molecular complexity index is 713. The number of esters is 1. The van der Waals surface area contributed by atoms with E-state index in [2.05, 4.69) is 4.98 Å². The van der Waals surface area contributed by atoms with Gasteiger partial charge in [0.15, 0.2) is 11.5 Å². The average Bonchev–Trinajstić information content (AvgIpc) is 2.54. The first kappa shape index (κ1) is 15.2. The number of carbonyl (C=O) groups is 1. The summed E-state index contributed by atoms with van der Waals surface area (Å²) in [6.07, 6.45) is 5.07. The lowest BCUT2D eigenvalue weighted by atomic mass is 10.2. The van der Waals surface area contributed by atoms with Crippen LogP contribution in [0.4, 0.5) is 0 Å². The van der Waals surface area contributed by atoms with Gasteiger partial charge >= 0.3 is 5.97 Å². The number of methoxy groups -OCH3 is 1. The van der Waals surface area contributed by atoms with E-state index in [4.69, 9.17) is 9.47 Å². The highest BCUT2D eigenvalue weighted by Crippen LogP contribution is 2.29. The van der Waals surface area contributed by atoms with Gasteiger partial charge in [-0.3, -0.25) is 15.1 Å². The van der Waals surface area contributed by atoms with Crippen molar-refractivity contribution in [3.05, 3.63) is 70.2 Å². The maximum Gasteiger partial charge on any atom is 0.345 e. The van der Waals surface area contributed by atoms with Gasteiger partial charge in [0.05, 0.1) is 17.6 Å². The van der Waals surface area contributed by atoms with Crippen LogP contribution in [-0.4, -0.2) is 23.0 Å². The zero-order chi connectivity index (χ0) is 15.9. The molecule has 22 heavy (non-hydrogen) atoms. The number of aromatic nitrogens is 1. The van der Waals surface area contributed by atoms with E-state index in [0.717, 1.165) is 6.20 Å². The fourth-order valence-corrected chi connectivity index (χ4v) is 1.66. The number of ether oxygens (including phenoxy) is 2. The Morgan fingerprint density at radius 3 is 2.77 bits per heavy atom. The first-order chi connectivity index (χ1) is 10.6. The van der Waals surface area contributed by atoms with Crippen molar-refractivity contribution in [3.63, 3.8) is 0 Å². The van der Waals surface area contributed by atoms with Crippen molar-refractivity contribution < 1.29 is 19.2 Å². The van der Waals surface area contributed by atoms with Gasteiger partial charge < -0.3 is 9.47 Å². The molecule has 1 aromatic heterocycles. The Balaban J connectivity index is 2.21. The van der Waals surface area contributed by atoms with Gasteiger partial charge in [0.2, 0.25) is 6.20 Å². The van der Waals surface area contributed by atoms with Gasteiger partial charge in [-0.1, -0.05) is 6.07 Å². The van der Waals surface area contributed by atoms with E-state index in [1.807, 2.05) is 0 Å². The standard InChI is InChI=1S/C15H12N2O5/c1-21-14-9-11(6-8-17(19)20)4-5-13(14)22-15(18)12-3-2-7-16-10-12/h2-10H,1H3/b8-6+. The molecule has 0 fully saturated rings. The van der Waals surface area contributed by atoms with Gasteiger partial charge in [-0.15, -0.1) is 0 Å². The highest BCUT2D eigenvalue weighted by Gasteiger charge is 2.12. The van der Waals surface area contributed by atoms with Crippen LogP contribution in [-0.2, 0) is 0 Å². The summed E-state index contributed by atoms with van der Waals surface area (Å²) in [7, 11) is 1.41. The molecule has 0 unspecified atom stereocenters. The van der Waals surface area contributed by atoms with Crippen LogP contribution in [0.25, 0.3) is 6.08 Å². The summed E-state index contributed by atoms with van der Waals surface area (Å²) in [6, 6.07) is 7.82. The highest BCUT2D eigenvalue weighted by atomic mass is 16.6. The lowest BCUT2D eigenvalue weighted by Gasteiger charge is -2.09. The van der Waals surface area contributed by atoms with E-state index < -0.39 is 10.9 Å². The number of benzene rings is 1. The predicted molar refractivity (Wildman–Crippen MR) is 78.2 cm³/mol. The molecule has 0 radical (unpaired) electrons. The SMILES string of the molecule is COc1cc(/C=C/[N+](=O)[O-])ccc1OC(=O)c1cccnc1. The Morgan fingerprint density at radius 2 is 2.14 bits per heavy atom. The summed E-state index contributed by atoms with van der Waals surface area (Å²) < 4.78 is 10.4. The third-order valence-electron chi connectivity index (χ3n) is 2.68. The minimum Gasteiger partial charge on any atom is -0.493 e. The van der Waals surface area contributed by atoms with Crippen LogP contribution in [0.2, 0.25) is 0 Å². The van der Waals surface area contributed by atoms with E-state index in [1.165, 1.54) is 31.5 Å². The molecule has 7 nitrogen and oxygen atoms in total. The Morgan fingerprint density at radius 1 is 1.32 bits per heavy atom. The molecule has 0 bridgehead atoms. The molecule has 1 heterocycles. The molecule has 0 aliphatic carbocycles. The highest BCUT2D eigenvalue weighted by molar-refractivity contribution is 5.91. The largest absolute Gasteiger partial charge is 0.493 e. The molecule has 0 saturated carbocycles. The normalized spacial score (nSPS) is 10.4. The van der Waals surface area contributed by atoms with E-state index in [1.54, 1.807) is 24.4 Å². The summed E-state index contributed by atoms with van der Waals surface area (Å²) in [4.78, 5) is 25.5. The maximum atomic E-state index is 12.0. The lowest BCUT2D eigenvalue weighted by molar-refractivity contribution is -0.400. The molecule has 112 valence electrons. The Hall–Kier alpha value is -3.22. The summed E-state index contributed by atoms with van der Waals surface area (Å²) in [5, 5.41) is 10.3. The molecule has 7 heteroatoms. The van der Waals surface area contributed by atoms with Gasteiger partial charge in [-0.2, -0.15) is 0 Å². The third kappa shape index (κ3) is 3.89. The molecule has 0 amide bonds. The van der Waals surface area contributed by atoms with Crippen molar-refractivity contribution in [1.29, 1.82) is 0 Å². The van der Waals surface area contributed by atoms with Crippen LogP contribution in [0.5, 0.6) is 11.5 Å². The molecular weight excluding hydrogens is 288 g/mol. The second kappa shape index (κ2) is 6.98. The van der Waals surface area contributed by atoms with E-state index in [9.17, 15) is 14.9 Å². The third-order valence-corrected chi connectivity index (χ3v) is 2.68. The molecule has 0 saturated heterocycles. The number of nitrogens with zero attached hydrogens (tertiary/aromatic N) is 2. The first-order valence-corrected chi connectivity index (χ1v) is 6.22. The molecule has 0 N–H and O–H groups in total. The quantitative estimate of drug-likeness (QED) is 0.365. The molecule has 0 spiro atoms. The van der Waals surface area contributed by atoms with Crippen LogP contribution < -0.4 is 9.47 Å². The Kier molecular flexibility index (Phi) is 4.81. The van der Waals surface area contributed by atoms with Gasteiger partial charge in [0.25, 0.3) is 0 Å². The average molecular weight is 300 g/mol. The maximum absolute atomic E-state index is 12.0. The fraction of sp³-hybridized carbons (Fsp3) is 0.0667. The van der Waals surface area contributed by atoms with Gasteiger partial charge in [-0.05, 0) is 29.8 Å². The monoisotopic (exact) mass is 300 g/mol. The second-order valence-corrected chi connectivity index (χ2v) is 4.14. The molecule has 0 aliphatic heterocycles. The van der Waals surface area contributed by atoms with Crippen molar-refractivity contribution in [2.24, 2.45) is 0 Å². The second-order valence-electron chi connectivity index (χ2n) is 4.14. The van der Waals surface area contributed by atoms with Crippen molar-refractivity contribution in [1.82, 2.24) is 4.98 Å². The molecule has 1 aromatic carbocycles. The van der Waals surface area contributed by atoms with Gasteiger partial charge in [0.1, 0.15) is 0 Å². The number of carbonyl (C=O) groups excluding carboxylic acids is 1. The van der Waals surface area contributed by atoms with Crippen LogP contribution in [0.3, 0.4) is 0 Å². The van der Waals surface area contributed by atoms with Gasteiger partial charge in [0, 0.05) is 18.5 Å². The van der Waals surface area contributed by atoms with Crippen LogP contribution >= 0.6 is 0 Å². The molecule has 0 atom stereocenters. The zero-order valence-electron chi connectivity index (χ0n) is 11.6. The molecule has 0 aliphatic rings. The minimum atomic E-state index is -0.569. The lowest BCUT2D eigenvalue weighted by Crippen LogP contribution is -2.09. The van der Waals surface area contributed by atoms with Crippen molar-refractivity contribution in [2.75, 3.05) is 7.11 Å². The number of pyridine rings is 1. The predicted octanol–water partition coefficient (Wildman–Crippen LogP) is 2.56. The number of hydrogen-bond donors (Lipinski definition) is 0. The molecular formula is C15H12N2O5. The zero-order valence-corrected chi connectivity index (χ0v) is 11.6. The summed E-state index contributed by atoms with van der Waals surface area (Å²) >= 11 is 0. The summed E-state index contributed by atoms with van der Waals surface area (Å²) in [5.74, 6) is -0.0580. The van der Waals surface area contributed by atoms with Crippen molar-refractivity contribution in [3.8, 4) is 11.5 Å². The number of nitro groups is 1. The summed E-state index contributed by atoms with van der Waals surface area (Å²) in [5.41, 5.74) is 0.858.